The maximum Gasteiger partial charge on any atom is 0.573 e. The molecular formula is C31H29F3N4O4. The second-order valence-corrected chi connectivity index (χ2v) is 11.3. The van der Waals surface area contributed by atoms with Gasteiger partial charge in [-0.2, -0.15) is 0 Å². The number of carboxylic acids is 1. The smallest absolute Gasteiger partial charge is 0.478 e. The van der Waals surface area contributed by atoms with Crippen LogP contribution in [0.5, 0.6) is 5.75 Å². The molecule has 7 rings (SSSR count). The van der Waals surface area contributed by atoms with E-state index in [0.717, 1.165) is 61.0 Å². The van der Waals surface area contributed by atoms with Gasteiger partial charge < -0.3 is 24.5 Å². The van der Waals surface area contributed by atoms with Crippen LogP contribution in [0, 0.1) is 0 Å². The molecule has 4 aromatic rings. The SMILES string of the molecule is O=C(O)c1ccc2c(N3C4CCC3CC(OCc3c(-c5ccccc5OC(F)(F)F)c[nH]c3C3CC3)C4)ncnc2c1. The summed E-state index contributed by atoms with van der Waals surface area (Å²) in [5.74, 6) is -0.0553. The largest absolute Gasteiger partial charge is 0.573 e. The minimum absolute atomic E-state index is 0.0121. The van der Waals surface area contributed by atoms with E-state index in [1.165, 1.54) is 18.5 Å². The molecule has 2 aliphatic heterocycles. The fraction of sp³-hybridized carbons (Fsp3) is 0.387. The predicted octanol–water partition coefficient (Wildman–Crippen LogP) is 6.82. The third kappa shape index (κ3) is 5.06. The number of rotatable bonds is 8. The number of aromatic amines is 1. The molecule has 42 heavy (non-hydrogen) atoms. The highest BCUT2D eigenvalue weighted by Gasteiger charge is 2.43. The van der Waals surface area contributed by atoms with Gasteiger partial charge in [0, 0.05) is 46.1 Å². The summed E-state index contributed by atoms with van der Waals surface area (Å²) in [7, 11) is 0. The van der Waals surface area contributed by atoms with Gasteiger partial charge in [0.1, 0.15) is 17.9 Å². The molecule has 4 heterocycles. The highest BCUT2D eigenvalue weighted by molar-refractivity contribution is 5.96. The molecule has 0 amide bonds. The van der Waals surface area contributed by atoms with E-state index in [-0.39, 0.29) is 29.5 Å². The maximum atomic E-state index is 13.2. The zero-order chi connectivity index (χ0) is 29.0. The third-order valence-corrected chi connectivity index (χ3v) is 8.67. The van der Waals surface area contributed by atoms with E-state index in [2.05, 4.69) is 24.6 Å². The van der Waals surface area contributed by atoms with Crippen molar-refractivity contribution >= 4 is 22.7 Å². The molecule has 218 valence electrons. The van der Waals surface area contributed by atoms with Crippen molar-refractivity contribution in [3.63, 3.8) is 0 Å². The Morgan fingerprint density at radius 2 is 1.79 bits per heavy atom. The van der Waals surface area contributed by atoms with E-state index in [9.17, 15) is 23.1 Å². The number of H-pyrrole nitrogens is 1. The molecule has 0 spiro atoms. The lowest BCUT2D eigenvalue weighted by Gasteiger charge is -2.40. The standard InChI is InChI=1S/C31H29F3N4O4/c32-31(33,34)42-27-4-2-1-3-22(27)24-14-35-28(17-5-6-17)25(24)15-41-21-12-19-8-9-20(13-21)38(19)29-23-10-7-18(30(39)40)11-26(23)36-16-37-29/h1-4,7,10-11,14,16-17,19-21,35H,5-6,8-9,12-13,15H2,(H,39,40). The van der Waals surface area contributed by atoms with Crippen LogP contribution in [-0.4, -0.2) is 50.6 Å². The van der Waals surface area contributed by atoms with Crippen LogP contribution in [0.15, 0.2) is 55.0 Å². The Hall–Kier alpha value is -4.12. The Kier molecular flexibility index (Phi) is 6.56. The molecule has 1 saturated carbocycles. The van der Waals surface area contributed by atoms with Crippen LogP contribution in [0.3, 0.4) is 0 Å². The normalized spacial score (nSPS) is 22.1. The Morgan fingerprint density at radius 3 is 2.50 bits per heavy atom. The number of piperidine rings is 1. The lowest BCUT2D eigenvalue weighted by molar-refractivity contribution is -0.274. The van der Waals surface area contributed by atoms with Crippen molar-refractivity contribution in [3.8, 4) is 16.9 Å². The highest BCUT2D eigenvalue weighted by atomic mass is 19.4. The summed E-state index contributed by atoms with van der Waals surface area (Å²) in [4.78, 5) is 26.0. The number of nitrogens with one attached hydrogen (secondary N) is 1. The van der Waals surface area contributed by atoms with Gasteiger partial charge in [-0.3, -0.25) is 0 Å². The number of carbonyl (C=O) groups is 1. The Balaban J connectivity index is 1.11. The van der Waals surface area contributed by atoms with Crippen LogP contribution in [0.1, 0.15) is 66.1 Å². The summed E-state index contributed by atoms with van der Waals surface area (Å²) < 4.78 is 50.4. The number of benzene rings is 2. The van der Waals surface area contributed by atoms with E-state index in [1.807, 2.05) is 0 Å². The number of nitrogens with zero attached hydrogens (tertiary/aromatic N) is 3. The zero-order valence-electron chi connectivity index (χ0n) is 22.6. The van der Waals surface area contributed by atoms with Gasteiger partial charge in [-0.15, -0.1) is 13.2 Å². The minimum atomic E-state index is -4.79. The Morgan fingerprint density at radius 1 is 1.02 bits per heavy atom. The van der Waals surface area contributed by atoms with E-state index >= 15 is 0 Å². The van der Waals surface area contributed by atoms with Crippen LogP contribution in [0.4, 0.5) is 19.0 Å². The number of carboxylic acid groups (broad SMARTS) is 1. The summed E-state index contributed by atoms with van der Waals surface area (Å²) >= 11 is 0. The van der Waals surface area contributed by atoms with Crippen LogP contribution >= 0.6 is 0 Å². The fourth-order valence-electron chi connectivity index (χ4n) is 6.70. The second-order valence-electron chi connectivity index (χ2n) is 11.3. The summed E-state index contributed by atoms with van der Waals surface area (Å²) in [6.07, 6.45) is 4.11. The first-order valence-electron chi connectivity index (χ1n) is 14.2. The number of para-hydroxylation sites is 1. The average molecular weight is 579 g/mol. The molecule has 0 radical (unpaired) electrons. The lowest BCUT2D eigenvalue weighted by Crippen LogP contribution is -2.46. The summed E-state index contributed by atoms with van der Waals surface area (Å²) in [5, 5.41) is 10.2. The second kappa shape index (κ2) is 10.3. The Bertz CT molecular complexity index is 1640. The predicted molar refractivity (Wildman–Crippen MR) is 148 cm³/mol. The number of halogens is 3. The van der Waals surface area contributed by atoms with E-state index < -0.39 is 12.3 Å². The van der Waals surface area contributed by atoms with E-state index in [1.54, 1.807) is 36.5 Å². The fourth-order valence-corrected chi connectivity index (χ4v) is 6.70. The van der Waals surface area contributed by atoms with Crippen LogP contribution in [0.25, 0.3) is 22.0 Å². The maximum absolute atomic E-state index is 13.2. The van der Waals surface area contributed by atoms with Gasteiger partial charge in [0.2, 0.25) is 0 Å². The molecule has 2 aromatic carbocycles. The first-order valence-corrected chi connectivity index (χ1v) is 14.2. The number of alkyl halides is 3. The molecule has 2 N–H and O–H groups in total. The monoisotopic (exact) mass is 578 g/mol. The molecule has 8 nitrogen and oxygen atoms in total. The molecule has 2 bridgehead atoms. The minimum Gasteiger partial charge on any atom is -0.478 e. The number of hydrogen-bond donors (Lipinski definition) is 2. The van der Waals surface area contributed by atoms with Gasteiger partial charge in [-0.25, -0.2) is 14.8 Å². The number of hydrogen-bond acceptors (Lipinski definition) is 6. The lowest BCUT2D eigenvalue weighted by atomic mass is 9.98. The highest BCUT2D eigenvalue weighted by Crippen LogP contribution is 2.46. The number of fused-ring (bicyclic) bond motifs is 3. The molecule has 2 aromatic heterocycles. The number of aromatic nitrogens is 3. The van der Waals surface area contributed by atoms with Gasteiger partial charge in [0.25, 0.3) is 0 Å². The van der Waals surface area contributed by atoms with E-state index in [0.29, 0.717) is 29.2 Å². The van der Waals surface area contributed by atoms with Gasteiger partial charge >= 0.3 is 12.3 Å². The molecule has 2 saturated heterocycles. The molecule has 2 atom stereocenters. The molecule has 3 aliphatic rings. The van der Waals surface area contributed by atoms with Crippen molar-refractivity contribution in [3.05, 3.63) is 71.8 Å². The molecule has 3 fully saturated rings. The summed E-state index contributed by atoms with van der Waals surface area (Å²) in [5.41, 5.74) is 3.75. The number of anilines is 1. The van der Waals surface area contributed by atoms with Gasteiger partial charge in [-0.05, 0) is 68.7 Å². The van der Waals surface area contributed by atoms with Gasteiger partial charge in [0.15, 0.2) is 0 Å². The van der Waals surface area contributed by atoms with Crippen LogP contribution in [0.2, 0.25) is 0 Å². The topological polar surface area (TPSA) is 101 Å². The van der Waals surface area contributed by atoms with Crippen molar-refractivity contribution in [1.82, 2.24) is 15.0 Å². The molecule has 2 unspecified atom stereocenters. The average Bonchev–Trinajstić information content (AvgIpc) is 3.66. The third-order valence-electron chi connectivity index (χ3n) is 8.67. The van der Waals surface area contributed by atoms with Crippen LogP contribution < -0.4 is 9.64 Å². The molecule has 1 aliphatic carbocycles. The number of aromatic carboxylic acids is 1. The van der Waals surface area contributed by atoms with Crippen molar-refractivity contribution < 1.29 is 32.5 Å². The van der Waals surface area contributed by atoms with Crippen molar-refractivity contribution in [2.75, 3.05) is 4.90 Å². The summed E-state index contributed by atoms with van der Waals surface area (Å²) in [6.45, 7) is 0.295. The van der Waals surface area contributed by atoms with Crippen LogP contribution in [-0.2, 0) is 11.3 Å². The van der Waals surface area contributed by atoms with E-state index in [4.69, 9.17) is 4.74 Å². The van der Waals surface area contributed by atoms with Gasteiger partial charge in [0.05, 0.1) is 23.8 Å². The first kappa shape index (κ1) is 26.8. The van der Waals surface area contributed by atoms with Crippen molar-refractivity contribution in [1.29, 1.82) is 0 Å². The summed E-state index contributed by atoms with van der Waals surface area (Å²) in [6, 6.07) is 11.6. The molecule has 11 heteroatoms. The van der Waals surface area contributed by atoms with Crippen molar-refractivity contribution in [2.45, 2.75) is 75.6 Å². The first-order chi connectivity index (χ1) is 20.2. The quantitative estimate of drug-likeness (QED) is 0.237. The van der Waals surface area contributed by atoms with Crippen molar-refractivity contribution in [2.24, 2.45) is 0 Å². The Labute approximate surface area is 239 Å². The number of ether oxygens (including phenoxy) is 2. The zero-order valence-corrected chi connectivity index (χ0v) is 22.6. The molecular weight excluding hydrogens is 549 g/mol. The van der Waals surface area contributed by atoms with Gasteiger partial charge in [-0.1, -0.05) is 18.2 Å².